The Morgan fingerprint density at radius 2 is 1.57 bits per heavy atom. The molecule has 5 atom stereocenters. The Bertz CT molecular complexity index is 1080. The quantitative estimate of drug-likeness (QED) is 0.555. The second-order valence-corrected chi connectivity index (χ2v) is 10.0. The lowest BCUT2D eigenvalue weighted by Gasteiger charge is -2.35. The molecule has 1 saturated heterocycles. The number of rotatable bonds is 9. The molecule has 0 aliphatic carbocycles. The lowest BCUT2D eigenvalue weighted by atomic mass is 9.95. The normalized spacial score (nSPS) is 19.8. The zero-order valence-electron chi connectivity index (χ0n) is 22.5. The van der Waals surface area contributed by atoms with Gasteiger partial charge < -0.3 is 19.9 Å². The van der Waals surface area contributed by atoms with Crippen LogP contribution in [-0.4, -0.2) is 72.6 Å². The van der Waals surface area contributed by atoms with E-state index in [1.807, 2.05) is 54.6 Å². The van der Waals surface area contributed by atoms with Crippen molar-refractivity contribution in [2.75, 3.05) is 20.7 Å². The van der Waals surface area contributed by atoms with E-state index in [0.717, 1.165) is 11.1 Å². The third-order valence-corrected chi connectivity index (χ3v) is 7.18. The zero-order valence-corrected chi connectivity index (χ0v) is 22.5. The fourth-order valence-corrected chi connectivity index (χ4v) is 4.77. The van der Waals surface area contributed by atoms with Crippen LogP contribution in [0.1, 0.15) is 62.8 Å². The van der Waals surface area contributed by atoms with Crippen molar-refractivity contribution in [3.05, 3.63) is 71.3 Å². The first-order chi connectivity index (χ1) is 17.5. The molecular formula is C29H38FN3O4. The molecule has 1 N–H and O–H groups in total. The van der Waals surface area contributed by atoms with E-state index in [9.17, 15) is 18.8 Å². The summed E-state index contributed by atoms with van der Waals surface area (Å²) in [5.41, 5.74) is 2.95. The molecule has 7 nitrogen and oxygen atoms in total. The number of nitrogens with one attached hydrogen (secondary N) is 1. The maximum Gasteiger partial charge on any atom is 0.248 e. The van der Waals surface area contributed by atoms with Crippen molar-refractivity contribution in [2.45, 2.75) is 70.4 Å². The van der Waals surface area contributed by atoms with Crippen LogP contribution in [-0.2, 0) is 19.1 Å². The maximum absolute atomic E-state index is 14.7. The van der Waals surface area contributed by atoms with Crippen LogP contribution in [0.2, 0.25) is 0 Å². The first-order valence-corrected chi connectivity index (χ1v) is 12.7. The van der Waals surface area contributed by atoms with Crippen molar-refractivity contribution in [1.29, 1.82) is 0 Å². The molecule has 1 aliphatic rings. The third-order valence-electron chi connectivity index (χ3n) is 7.18. The molecule has 2 aromatic rings. The molecule has 1 heterocycles. The van der Waals surface area contributed by atoms with Gasteiger partial charge in [-0.25, -0.2) is 4.39 Å². The molecule has 0 bridgehead atoms. The molecule has 8 heteroatoms. The van der Waals surface area contributed by atoms with Crippen molar-refractivity contribution in [3.8, 4) is 0 Å². The number of likely N-dealkylation sites (tertiary alicyclic amines) is 1. The molecule has 3 amide bonds. The minimum absolute atomic E-state index is 0.108. The maximum atomic E-state index is 14.7. The average Bonchev–Trinajstić information content (AvgIpc) is 3.29. The van der Waals surface area contributed by atoms with Crippen LogP contribution in [0.15, 0.2) is 54.6 Å². The van der Waals surface area contributed by atoms with Crippen LogP contribution >= 0.6 is 0 Å². The van der Waals surface area contributed by atoms with E-state index < -0.39 is 42.2 Å². The SMILES string of the molecule is CO[C@H](C)[C@@H](C(=O)N1C[C@H](F)C[C@H]1C(=O)NC(c1ccccc1)c1ccc(C(C)C)cc1)N(C)C(C)=O. The van der Waals surface area contributed by atoms with Crippen molar-refractivity contribution in [3.63, 3.8) is 0 Å². The molecule has 1 unspecified atom stereocenters. The Labute approximate surface area is 219 Å². The minimum atomic E-state index is -1.35. The molecule has 0 spiro atoms. The van der Waals surface area contributed by atoms with Gasteiger partial charge in [-0.15, -0.1) is 0 Å². The van der Waals surface area contributed by atoms with E-state index in [1.165, 1.54) is 36.4 Å². The van der Waals surface area contributed by atoms with Crippen LogP contribution in [0.25, 0.3) is 0 Å². The number of nitrogens with zero attached hydrogens (tertiary/aromatic N) is 2. The number of amides is 3. The van der Waals surface area contributed by atoms with E-state index >= 15 is 0 Å². The highest BCUT2D eigenvalue weighted by Gasteiger charge is 2.45. The standard InChI is InChI=1S/C29H38FN3O4/c1-18(2)21-12-14-23(15-13-21)26(22-10-8-7-9-11-22)31-28(35)25-16-24(30)17-33(25)29(36)27(19(3)37-6)32(5)20(4)34/h7-15,18-19,24-27H,16-17H2,1-6H3,(H,31,35)/t19-,24-,25+,26?,27+/m1/s1. The van der Waals surface area contributed by atoms with E-state index in [-0.39, 0.29) is 18.9 Å². The Morgan fingerprint density at radius 1 is 1.00 bits per heavy atom. The molecule has 200 valence electrons. The van der Waals surface area contributed by atoms with Gasteiger partial charge in [0.1, 0.15) is 18.3 Å². The van der Waals surface area contributed by atoms with Crippen LogP contribution < -0.4 is 5.32 Å². The van der Waals surface area contributed by atoms with Gasteiger partial charge in [0.05, 0.1) is 18.7 Å². The van der Waals surface area contributed by atoms with Crippen LogP contribution in [0.4, 0.5) is 4.39 Å². The number of carbonyl (C=O) groups excluding carboxylic acids is 3. The Balaban J connectivity index is 1.90. The fraction of sp³-hybridized carbons (Fsp3) is 0.483. The number of halogens is 1. The summed E-state index contributed by atoms with van der Waals surface area (Å²) in [6.07, 6.45) is -2.09. The molecule has 37 heavy (non-hydrogen) atoms. The summed E-state index contributed by atoms with van der Waals surface area (Å²) in [6, 6.07) is 15.1. The number of likely N-dealkylation sites (N-methyl/N-ethyl adjacent to an activating group) is 1. The zero-order chi connectivity index (χ0) is 27.3. The van der Waals surface area contributed by atoms with Crippen molar-refractivity contribution in [1.82, 2.24) is 15.1 Å². The highest BCUT2D eigenvalue weighted by atomic mass is 19.1. The van der Waals surface area contributed by atoms with E-state index in [0.29, 0.717) is 5.92 Å². The van der Waals surface area contributed by atoms with Gasteiger partial charge in [-0.3, -0.25) is 14.4 Å². The second-order valence-electron chi connectivity index (χ2n) is 10.0. The smallest absolute Gasteiger partial charge is 0.248 e. The topological polar surface area (TPSA) is 79.0 Å². The fourth-order valence-electron chi connectivity index (χ4n) is 4.77. The highest BCUT2D eigenvalue weighted by Crippen LogP contribution is 2.28. The summed E-state index contributed by atoms with van der Waals surface area (Å²) in [5.74, 6) is -0.906. The van der Waals surface area contributed by atoms with Gasteiger partial charge in [0.25, 0.3) is 0 Å². The van der Waals surface area contributed by atoms with Gasteiger partial charge in [-0.05, 0) is 29.5 Å². The lowest BCUT2D eigenvalue weighted by Crippen LogP contribution is -2.57. The predicted molar refractivity (Wildman–Crippen MR) is 141 cm³/mol. The monoisotopic (exact) mass is 511 g/mol. The van der Waals surface area contributed by atoms with Gasteiger partial charge in [0.15, 0.2) is 0 Å². The highest BCUT2D eigenvalue weighted by molar-refractivity contribution is 5.93. The molecule has 3 rings (SSSR count). The summed E-state index contributed by atoms with van der Waals surface area (Å²) in [4.78, 5) is 41.8. The first-order valence-electron chi connectivity index (χ1n) is 12.7. The largest absolute Gasteiger partial charge is 0.379 e. The minimum Gasteiger partial charge on any atom is -0.379 e. The molecule has 1 fully saturated rings. The van der Waals surface area contributed by atoms with Crippen molar-refractivity contribution < 1.29 is 23.5 Å². The number of hydrogen-bond donors (Lipinski definition) is 1. The molecule has 0 aromatic heterocycles. The average molecular weight is 512 g/mol. The number of ether oxygens (including phenoxy) is 1. The summed E-state index contributed by atoms with van der Waals surface area (Å²) < 4.78 is 20.0. The Hall–Kier alpha value is -3.26. The lowest BCUT2D eigenvalue weighted by molar-refractivity contribution is -0.151. The summed E-state index contributed by atoms with van der Waals surface area (Å²) >= 11 is 0. The van der Waals surface area contributed by atoms with Gasteiger partial charge in [-0.1, -0.05) is 68.4 Å². The van der Waals surface area contributed by atoms with E-state index in [2.05, 4.69) is 19.2 Å². The van der Waals surface area contributed by atoms with Crippen LogP contribution in [0.3, 0.4) is 0 Å². The molecule has 0 radical (unpaired) electrons. The molecule has 0 saturated carbocycles. The van der Waals surface area contributed by atoms with Gasteiger partial charge in [0.2, 0.25) is 17.7 Å². The van der Waals surface area contributed by atoms with Crippen molar-refractivity contribution in [2.24, 2.45) is 0 Å². The summed E-state index contributed by atoms with van der Waals surface area (Å²) in [6.45, 7) is 7.04. The predicted octanol–water partition coefficient (Wildman–Crippen LogP) is 3.84. The van der Waals surface area contributed by atoms with Crippen LogP contribution in [0, 0.1) is 0 Å². The molecular weight excluding hydrogens is 473 g/mol. The first kappa shape index (κ1) is 28.3. The number of carbonyl (C=O) groups is 3. The Kier molecular flexibility index (Phi) is 9.43. The number of benzene rings is 2. The second kappa shape index (κ2) is 12.3. The van der Waals surface area contributed by atoms with Gasteiger partial charge >= 0.3 is 0 Å². The number of hydrogen-bond acceptors (Lipinski definition) is 4. The number of alkyl halides is 1. The Morgan fingerprint density at radius 3 is 2.11 bits per heavy atom. The van der Waals surface area contributed by atoms with Crippen LogP contribution in [0.5, 0.6) is 0 Å². The van der Waals surface area contributed by atoms with E-state index in [1.54, 1.807) is 6.92 Å². The third kappa shape index (κ3) is 6.55. The van der Waals surface area contributed by atoms with Gasteiger partial charge in [-0.2, -0.15) is 0 Å². The summed E-state index contributed by atoms with van der Waals surface area (Å²) in [5, 5.41) is 3.07. The molecule has 1 aliphatic heterocycles. The molecule has 2 aromatic carbocycles. The number of methoxy groups -OCH3 is 1. The van der Waals surface area contributed by atoms with Crippen molar-refractivity contribution >= 4 is 17.7 Å². The van der Waals surface area contributed by atoms with Gasteiger partial charge in [0, 0.05) is 27.5 Å². The summed E-state index contributed by atoms with van der Waals surface area (Å²) in [7, 11) is 2.95. The van der Waals surface area contributed by atoms with E-state index in [4.69, 9.17) is 4.74 Å².